The average molecular weight is 1010 g/mol. The van der Waals surface area contributed by atoms with Crippen LogP contribution in [0.2, 0.25) is 0 Å². The third-order valence-electron chi connectivity index (χ3n) is 4.19. The van der Waals surface area contributed by atoms with Gasteiger partial charge < -0.3 is 20.5 Å². The Morgan fingerprint density at radius 2 is 1.05 bits per heavy atom. The second kappa shape index (κ2) is 16.8. The third-order valence-corrected chi connectivity index (χ3v) is 4.43. The van der Waals surface area contributed by atoms with E-state index in [-0.39, 0.29) is 45.7 Å². The van der Waals surface area contributed by atoms with E-state index in [0.717, 1.165) is 0 Å². The second-order valence-electron chi connectivity index (χ2n) is 6.92. The number of nitrogens with two attached hydrogens (primary N) is 2. The zero-order valence-corrected chi connectivity index (χ0v) is 29.6. The predicted molar refractivity (Wildman–Crippen MR) is 156 cm³/mol. The van der Waals surface area contributed by atoms with Gasteiger partial charge >= 0.3 is 89.0 Å². The molecular weight excluding hydrogens is 1000 g/mol. The number of alkyl halides is 6. The quantitative estimate of drug-likeness (QED) is 0.127. The van der Waals surface area contributed by atoms with Crippen LogP contribution in [0.1, 0.15) is 27.7 Å². The summed E-state index contributed by atoms with van der Waals surface area (Å²) in [4.78, 5) is 17.2. The van der Waals surface area contributed by atoms with Gasteiger partial charge in [-0.2, -0.15) is 36.3 Å². The molecule has 0 aliphatic carbocycles. The Balaban J connectivity index is 0.000000355. The van der Waals surface area contributed by atoms with Crippen molar-refractivity contribution >= 4 is 83.1 Å². The Morgan fingerprint density at radius 3 is 1.29 bits per heavy atom. The van der Waals surface area contributed by atoms with Crippen molar-refractivity contribution in [1.29, 1.82) is 0 Å². The molecule has 1 radical (unpaired) electrons. The SMILES string of the molecule is NC(=O)c1ccc(-c2noc(C(F)(F)F)n2)cc1.NC(=S)c1ccc(-c2noc(C(F)(F)F)n2)cc1.[I][V]([I])[I].[V]. The minimum absolute atomic E-state index is 0. The van der Waals surface area contributed by atoms with Gasteiger partial charge in [-0.25, -0.2) is 0 Å². The summed E-state index contributed by atoms with van der Waals surface area (Å²) < 4.78 is 81.7. The molecule has 0 atom stereocenters. The van der Waals surface area contributed by atoms with Crippen molar-refractivity contribution in [3.05, 3.63) is 71.4 Å². The topological polar surface area (TPSA) is 147 Å². The van der Waals surface area contributed by atoms with Crippen LogP contribution >= 0.6 is 72.2 Å². The van der Waals surface area contributed by atoms with E-state index in [1.165, 1.54) is 36.4 Å². The molecule has 4 rings (SSSR count). The first-order valence-electron chi connectivity index (χ1n) is 9.88. The summed E-state index contributed by atoms with van der Waals surface area (Å²) in [5.41, 5.74) is 11.9. The first-order valence-corrected chi connectivity index (χ1v) is 23.8. The number of carbonyl (C=O) groups excluding carboxylic acids is 1. The van der Waals surface area contributed by atoms with Gasteiger partial charge in [-0.1, -0.05) is 58.9 Å². The number of benzene rings is 2. The summed E-state index contributed by atoms with van der Waals surface area (Å²) in [5, 5.41) is 6.46. The number of nitrogens with zero attached hydrogens (tertiary/aromatic N) is 4. The minimum Gasteiger partial charge on any atom is 0 e. The van der Waals surface area contributed by atoms with E-state index in [9.17, 15) is 31.1 Å². The van der Waals surface area contributed by atoms with Crippen LogP contribution in [0.25, 0.3) is 22.8 Å². The molecule has 0 aliphatic heterocycles. The van der Waals surface area contributed by atoms with Crippen LogP contribution in [0.4, 0.5) is 26.3 Å². The number of amides is 1. The first-order chi connectivity index (χ1) is 18.5. The van der Waals surface area contributed by atoms with Crippen molar-refractivity contribution < 1.29 is 63.7 Å². The van der Waals surface area contributed by atoms with E-state index in [1.807, 2.05) is 0 Å². The van der Waals surface area contributed by atoms with Gasteiger partial charge in [0.25, 0.3) is 0 Å². The van der Waals surface area contributed by atoms with Gasteiger partial charge in [0.15, 0.2) is 0 Å². The third kappa shape index (κ3) is 12.6. The summed E-state index contributed by atoms with van der Waals surface area (Å²) in [5.74, 6) is -3.78. The van der Waals surface area contributed by atoms with Crippen LogP contribution in [-0.4, -0.2) is 31.2 Å². The van der Waals surface area contributed by atoms with Crippen LogP contribution in [0.3, 0.4) is 0 Å². The van der Waals surface area contributed by atoms with Crippen molar-refractivity contribution in [1.82, 2.24) is 20.3 Å². The van der Waals surface area contributed by atoms with Gasteiger partial charge in [0.05, 0.1) is 0 Å². The molecule has 0 unspecified atom stereocenters. The molecule has 0 spiro atoms. The van der Waals surface area contributed by atoms with E-state index in [2.05, 4.69) is 89.3 Å². The van der Waals surface area contributed by atoms with Gasteiger partial charge in [0, 0.05) is 40.8 Å². The molecule has 0 saturated carbocycles. The van der Waals surface area contributed by atoms with Gasteiger partial charge in [-0.05, 0) is 12.1 Å². The zero-order valence-electron chi connectivity index (χ0n) is 19.5. The fourth-order valence-electron chi connectivity index (χ4n) is 2.48. The molecular formula is C20H12F6I3N6O3SV2. The molecule has 4 aromatic rings. The van der Waals surface area contributed by atoms with Crippen LogP contribution in [0, 0.1) is 0 Å². The zero-order chi connectivity index (χ0) is 30.3. The summed E-state index contributed by atoms with van der Waals surface area (Å²) >= 11 is 12.1. The maximum Gasteiger partial charge on any atom is 0 e. The standard InChI is InChI=1S/C10H6F3N3O2.C10H6F3N3OS.3HI.2V/c11-10(12,13)9-15-8(16-18-9)6-3-1-5(2-4-6)7(14)17;11-10(12,13)9-15-8(16-17-9)6-3-1-5(2-4-6)7(14)18;;;;;/h1-4H,(H2,14,17);1-4H,(H2,14,18);3*1H;;/q;;;;;;+3/p-3. The van der Waals surface area contributed by atoms with Gasteiger partial charge in [-0.15, -0.1) is 0 Å². The van der Waals surface area contributed by atoms with E-state index in [4.69, 9.17) is 23.7 Å². The van der Waals surface area contributed by atoms with Gasteiger partial charge in [0.1, 0.15) is 4.99 Å². The Labute approximate surface area is 281 Å². The molecule has 2 aromatic carbocycles. The summed E-state index contributed by atoms with van der Waals surface area (Å²) in [6.45, 7) is 0. The fourth-order valence-corrected chi connectivity index (χ4v) is 2.61. The molecule has 41 heavy (non-hydrogen) atoms. The number of primary amides is 1. The van der Waals surface area contributed by atoms with Crippen LogP contribution in [0.15, 0.2) is 57.6 Å². The van der Waals surface area contributed by atoms with E-state index in [0.29, 0.717) is 16.7 Å². The Kier molecular flexibility index (Phi) is 15.5. The maximum absolute atomic E-state index is 12.3. The molecule has 21 heteroatoms. The van der Waals surface area contributed by atoms with Crippen LogP contribution in [0.5, 0.6) is 0 Å². The number of hydrogen-bond donors (Lipinski definition) is 2. The number of aromatic nitrogens is 4. The van der Waals surface area contributed by atoms with Crippen LogP contribution in [-0.2, 0) is 35.8 Å². The molecule has 0 saturated heterocycles. The molecule has 2 aromatic heterocycles. The van der Waals surface area contributed by atoms with Crippen molar-refractivity contribution in [2.24, 2.45) is 11.5 Å². The molecule has 0 fully saturated rings. The van der Waals surface area contributed by atoms with Crippen molar-refractivity contribution in [3.8, 4) is 22.8 Å². The largest absolute Gasteiger partial charge is 0 e. The van der Waals surface area contributed by atoms with Gasteiger partial charge in [-0.3, -0.25) is 4.79 Å². The average Bonchev–Trinajstić information content (AvgIpc) is 3.55. The Bertz CT molecular complexity index is 1330. The first kappa shape index (κ1) is 38.0. The van der Waals surface area contributed by atoms with E-state index < -0.39 is 30.0 Å². The Hall–Kier alpha value is -0.981. The molecule has 0 bridgehead atoms. The summed E-state index contributed by atoms with van der Waals surface area (Å²) in [7, 11) is 0. The molecule has 1 amide bonds. The number of carbonyl (C=O) groups is 1. The van der Waals surface area contributed by atoms with Crippen LogP contribution < -0.4 is 11.5 Å². The molecule has 2 heterocycles. The predicted octanol–water partition coefficient (Wildman–Crippen LogP) is 6.90. The van der Waals surface area contributed by atoms with E-state index >= 15 is 0 Å². The summed E-state index contributed by atoms with van der Waals surface area (Å²) in [6.07, 6.45) is -9.33. The molecule has 4 N–H and O–H groups in total. The molecule has 219 valence electrons. The van der Waals surface area contributed by atoms with Gasteiger partial charge in [0.2, 0.25) is 17.6 Å². The van der Waals surface area contributed by atoms with Crippen molar-refractivity contribution in [2.45, 2.75) is 12.4 Å². The Morgan fingerprint density at radius 1 is 0.732 bits per heavy atom. The normalized spacial score (nSPS) is 11.0. The molecule has 0 aliphatic rings. The number of halogens is 9. The summed E-state index contributed by atoms with van der Waals surface area (Å²) in [6, 6.07) is 11.7. The maximum atomic E-state index is 12.3. The molecule has 9 nitrogen and oxygen atoms in total. The van der Waals surface area contributed by atoms with Crippen molar-refractivity contribution in [3.63, 3.8) is 0 Å². The van der Waals surface area contributed by atoms with E-state index in [1.54, 1.807) is 12.1 Å². The smallest absolute Gasteiger partial charge is 0 e. The number of thiocarbonyl (C=S) groups is 1. The second-order valence-corrected chi connectivity index (χ2v) is 42.7. The van der Waals surface area contributed by atoms with Crippen molar-refractivity contribution in [2.75, 3.05) is 0 Å². The number of rotatable bonds is 4. The monoisotopic (exact) mass is 1010 g/mol. The minimum atomic E-state index is -4.68. The number of hydrogen-bond acceptors (Lipinski definition) is 8. The fraction of sp³-hybridized carbons (Fsp3) is 0.100.